The number of hydrogen-bond donors (Lipinski definition) is 0. The van der Waals surface area contributed by atoms with Crippen molar-refractivity contribution in [3.05, 3.63) is 145 Å². The topological polar surface area (TPSA) is 51.8 Å². The van der Waals surface area contributed by atoms with Crippen molar-refractivity contribution in [3.63, 3.8) is 0 Å². The van der Waals surface area contributed by atoms with Crippen LogP contribution in [0.25, 0.3) is 93.5 Å². The summed E-state index contributed by atoms with van der Waals surface area (Å²) in [5.74, 6) is 2.41. The summed E-state index contributed by atoms with van der Waals surface area (Å²) in [4.78, 5) is 15.4. The number of para-hydroxylation sites is 1. The minimum absolute atomic E-state index is 0.440. The highest BCUT2D eigenvalue weighted by atomic mass is 32.1. The zero-order valence-electron chi connectivity index (χ0n) is 26.7. The Morgan fingerprint density at radius 1 is 0.571 bits per heavy atom. The number of nitrogens with zero attached hydrogens (tertiary/aromatic N) is 3. The lowest BCUT2D eigenvalue weighted by molar-refractivity contribution is 0.669. The van der Waals surface area contributed by atoms with Gasteiger partial charge in [0.05, 0.1) is 0 Å². The Labute approximate surface area is 287 Å². The molecule has 4 nitrogen and oxygen atoms in total. The molecule has 232 valence electrons. The van der Waals surface area contributed by atoms with Crippen molar-refractivity contribution in [2.24, 2.45) is 5.92 Å². The van der Waals surface area contributed by atoms with E-state index < -0.39 is 0 Å². The Morgan fingerprint density at radius 2 is 1.29 bits per heavy atom. The van der Waals surface area contributed by atoms with Gasteiger partial charge in [0.2, 0.25) is 0 Å². The van der Waals surface area contributed by atoms with Crippen molar-refractivity contribution < 1.29 is 4.42 Å². The van der Waals surface area contributed by atoms with Gasteiger partial charge in [0, 0.05) is 47.6 Å². The van der Waals surface area contributed by atoms with E-state index in [9.17, 15) is 0 Å². The molecule has 0 N–H and O–H groups in total. The molecule has 0 fully saturated rings. The van der Waals surface area contributed by atoms with Crippen LogP contribution < -0.4 is 0 Å². The molecule has 10 rings (SSSR count). The highest BCUT2D eigenvalue weighted by Crippen LogP contribution is 2.43. The van der Waals surface area contributed by atoms with Crippen LogP contribution in [0, 0.1) is 5.92 Å². The van der Waals surface area contributed by atoms with Crippen LogP contribution in [0.3, 0.4) is 0 Å². The molecule has 0 saturated heterocycles. The molecule has 0 amide bonds. The first-order valence-corrected chi connectivity index (χ1v) is 17.5. The van der Waals surface area contributed by atoms with E-state index in [0.717, 1.165) is 50.6 Å². The van der Waals surface area contributed by atoms with E-state index in [1.54, 1.807) is 11.3 Å². The van der Waals surface area contributed by atoms with E-state index in [1.165, 1.54) is 36.9 Å². The summed E-state index contributed by atoms with van der Waals surface area (Å²) in [6.07, 6.45) is 5.53. The third-order valence-corrected chi connectivity index (χ3v) is 10.8. The minimum atomic E-state index is 0.440. The van der Waals surface area contributed by atoms with Crippen LogP contribution in [0.4, 0.5) is 0 Å². The van der Waals surface area contributed by atoms with Crippen LogP contribution in [-0.2, 0) is 6.42 Å². The van der Waals surface area contributed by atoms with Gasteiger partial charge in [-0.3, -0.25) is 0 Å². The molecule has 6 aromatic carbocycles. The number of fused-ring (bicyclic) bond motifs is 7. The molecule has 3 heterocycles. The largest absolute Gasteiger partial charge is 0.456 e. The molecule has 9 aromatic rings. The molecule has 0 bridgehead atoms. The molecule has 0 spiro atoms. The predicted molar refractivity (Wildman–Crippen MR) is 204 cm³/mol. The van der Waals surface area contributed by atoms with Crippen LogP contribution in [0.15, 0.2) is 138 Å². The van der Waals surface area contributed by atoms with Crippen molar-refractivity contribution in [1.82, 2.24) is 15.0 Å². The molecular formula is C44H29N3OS. The van der Waals surface area contributed by atoms with E-state index in [0.29, 0.717) is 23.4 Å². The van der Waals surface area contributed by atoms with Gasteiger partial charge < -0.3 is 4.42 Å². The van der Waals surface area contributed by atoms with Crippen LogP contribution in [0.1, 0.15) is 18.1 Å². The maximum Gasteiger partial charge on any atom is 0.164 e. The van der Waals surface area contributed by atoms with Crippen LogP contribution in [0.5, 0.6) is 0 Å². The molecule has 0 radical (unpaired) electrons. The number of furan rings is 1. The summed E-state index contributed by atoms with van der Waals surface area (Å²) in [5, 5.41) is 4.79. The molecule has 49 heavy (non-hydrogen) atoms. The maximum atomic E-state index is 6.33. The fourth-order valence-corrected chi connectivity index (χ4v) is 8.46. The molecule has 1 atom stereocenters. The van der Waals surface area contributed by atoms with E-state index in [-0.39, 0.29) is 0 Å². The number of allylic oxidation sites excluding steroid dienone is 1. The molecule has 3 aromatic heterocycles. The first kappa shape index (κ1) is 28.1. The second-order valence-electron chi connectivity index (χ2n) is 12.9. The number of hydrogen-bond acceptors (Lipinski definition) is 5. The highest BCUT2D eigenvalue weighted by Gasteiger charge is 2.22. The van der Waals surface area contributed by atoms with Gasteiger partial charge in [0.25, 0.3) is 0 Å². The van der Waals surface area contributed by atoms with Gasteiger partial charge in [-0.15, -0.1) is 11.3 Å². The van der Waals surface area contributed by atoms with Crippen molar-refractivity contribution in [3.8, 4) is 45.3 Å². The summed E-state index contributed by atoms with van der Waals surface area (Å²) in [6.45, 7) is 2.28. The fraction of sp³-hybridized carbons (Fsp3) is 0.0682. The summed E-state index contributed by atoms with van der Waals surface area (Å²) in [5.41, 5.74) is 9.57. The summed E-state index contributed by atoms with van der Waals surface area (Å²) < 4.78 is 8.83. The third-order valence-electron chi connectivity index (χ3n) is 9.67. The fourth-order valence-electron chi connectivity index (χ4n) is 7.31. The average molecular weight is 648 g/mol. The summed E-state index contributed by atoms with van der Waals surface area (Å²) >= 11 is 1.80. The Bertz CT molecular complexity index is 2770. The van der Waals surface area contributed by atoms with Crippen LogP contribution in [0.2, 0.25) is 0 Å². The molecule has 0 saturated carbocycles. The lowest BCUT2D eigenvalue weighted by atomic mass is 9.83. The van der Waals surface area contributed by atoms with Crippen molar-refractivity contribution >= 4 is 59.5 Å². The number of thiophene rings is 1. The third kappa shape index (κ3) is 4.69. The Balaban J connectivity index is 1.21. The predicted octanol–water partition coefficient (Wildman–Crippen LogP) is 12.0. The van der Waals surface area contributed by atoms with Crippen LogP contribution in [-0.4, -0.2) is 15.0 Å². The van der Waals surface area contributed by atoms with Gasteiger partial charge in [-0.05, 0) is 71.0 Å². The lowest BCUT2D eigenvalue weighted by Crippen LogP contribution is -2.07. The lowest BCUT2D eigenvalue weighted by Gasteiger charge is -2.22. The molecule has 0 aliphatic heterocycles. The van der Waals surface area contributed by atoms with Crippen molar-refractivity contribution in [2.75, 3.05) is 0 Å². The van der Waals surface area contributed by atoms with Gasteiger partial charge in [-0.25, -0.2) is 15.0 Å². The number of aromatic nitrogens is 3. The SMILES string of the molecule is CC1C=Cc2cc(-c3nc(-c4ccccc4)nc(-c4ccc5c(c4)sc4ccccc45)n3)cc(-c3cccc4oc5ccccc5c34)c2C1. The van der Waals surface area contributed by atoms with Gasteiger partial charge in [0.15, 0.2) is 17.5 Å². The normalized spacial score (nSPS) is 14.3. The van der Waals surface area contributed by atoms with E-state index in [2.05, 4.69) is 116 Å². The molecule has 1 aliphatic rings. The second-order valence-corrected chi connectivity index (χ2v) is 14.0. The Hall–Kier alpha value is -5.91. The van der Waals surface area contributed by atoms with E-state index in [1.807, 2.05) is 30.3 Å². The Kier molecular flexibility index (Phi) is 6.36. The zero-order chi connectivity index (χ0) is 32.5. The average Bonchev–Trinajstić information content (AvgIpc) is 3.73. The van der Waals surface area contributed by atoms with Crippen molar-refractivity contribution in [1.29, 1.82) is 0 Å². The standard InChI is InChI=1S/C44H29N3OS/c1-26-18-19-28-23-30(24-36(35(28)22-26)33-14-9-16-38-41(33)34-13-5-7-15-37(34)48-38)44-46-42(27-10-3-2-4-11-27)45-43(47-44)29-20-21-32-31-12-6-8-17-39(31)49-40(32)25-29/h2-21,23-26H,22H2,1H3. The Morgan fingerprint density at radius 3 is 2.16 bits per heavy atom. The first-order chi connectivity index (χ1) is 24.2. The smallest absolute Gasteiger partial charge is 0.164 e. The number of rotatable bonds is 4. The molecule has 1 unspecified atom stereocenters. The van der Waals surface area contributed by atoms with Crippen molar-refractivity contribution in [2.45, 2.75) is 13.3 Å². The van der Waals surface area contributed by atoms with Crippen LogP contribution >= 0.6 is 11.3 Å². The molecule has 1 aliphatic carbocycles. The van der Waals surface area contributed by atoms with Gasteiger partial charge in [-0.1, -0.05) is 110 Å². The quantitative estimate of drug-likeness (QED) is 0.191. The summed E-state index contributed by atoms with van der Waals surface area (Å²) in [7, 11) is 0. The molecular weight excluding hydrogens is 619 g/mol. The highest BCUT2D eigenvalue weighted by molar-refractivity contribution is 7.25. The van der Waals surface area contributed by atoms with E-state index in [4.69, 9.17) is 19.4 Å². The summed E-state index contributed by atoms with van der Waals surface area (Å²) in [6, 6.07) is 44.6. The van der Waals surface area contributed by atoms with E-state index >= 15 is 0 Å². The molecule has 5 heteroatoms. The van der Waals surface area contributed by atoms with Gasteiger partial charge >= 0.3 is 0 Å². The number of benzene rings is 6. The minimum Gasteiger partial charge on any atom is -0.456 e. The second kappa shape index (κ2) is 11.1. The first-order valence-electron chi connectivity index (χ1n) is 16.7. The van der Waals surface area contributed by atoms with Gasteiger partial charge in [-0.2, -0.15) is 0 Å². The monoisotopic (exact) mass is 647 g/mol. The van der Waals surface area contributed by atoms with Gasteiger partial charge in [0.1, 0.15) is 11.2 Å². The zero-order valence-corrected chi connectivity index (χ0v) is 27.5. The maximum absolute atomic E-state index is 6.33.